The number of rotatable bonds is 2. The van der Waals surface area contributed by atoms with Gasteiger partial charge in [0.25, 0.3) is 5.91 Å². The molecule has 0 saturated heterocycles. The first kappa shape index (κ1) is 8.89. The largest absolute Gasteiger partial charge is 0.306 e. The van der Waals surface area contributed by atoms with E-state index in [1.54, 1.807) is 24.7 Å². The summed E-state index contributed by atoms with van der Waals surface area (Å²) in [5.74, 6) is 0.428. The van der Waals surface area contributed by atoms with Crippen molar-refractivity contribution in [3.8, 4) is 0 Å². The first-order valence-corrected chi connectivity index (χ1v) is 4.86. The second kappa shape index (κ2) is 3.59. The zero-order chi connectivity index (χ0) is 9.97. The second-order valence-electron chi connectivity index (χ2n) is 2.69. The Balaban J connectivity index is 2.14. The van der Waals surface area contributed by atoms with Gasteiger partial charge in [0.1, 0.15) is 10.7 Å². The number of carbonyl (C=O) groups excluding carboxylic acids is 1. The maximum Gasteiger partial charge on any atom is 0.268 e. The maximum absolute atomic E-state index is 11.6. The third-order valence-corrected chi connectivity index (χ3v) is 2.63. The van der Waals surface area contributed by atoms with Crippen LogP contribution in [0.2, 0.25) is 0 Å². The molecule has 14 heavy (non-hydrogen) atoms. The van der Waals surface area contributed by atoms with Gasteiger partial charge in [-0.1, -0.05) is 0 Å². The van der Waals surface area contributed by atoms with Crippen LogP contribution in [0.1, 0.15) is 15.4 Å². The van der Waals surface area contributed by atoms with Gasteiger partial charge in [0.05, 0.1) is 17.4 Å². The molecule has 0 aliphatic rings. The van der Waals surface area contributed by atoms with E-state index in [4.69, 9.17) is 0 Å². The molecule has 2 N–H and O–H groups in total. The molecule has 2 rings (SSSR count). The van der Waals surface area contributed by atoms with E-state index in [0.717, 1.165) is 5.69 Å². The van der Waals surface area contributed by atoms with Gasteiger partial charge in [0, 0.05) is 6.07 Å². The number of amides is 1. The number of H-pyrrole nitrogens is 1. The minimum Gasteiger partial charge on any atom is -0.306 e. The molecule has 2 aromatic rings. The summed E-state index contributed by atoms with van der Waals surface area (Å²) in [5.41, 5.74) is 2.39. The van der Waals surface area contributed by atoms with Gasteiger partial charge in [-0.3, -0.25) is 9.89 Å². The van der Waals surface area contributed by atoms with Crippen molar-refractivity contribution in [1.29, 1.82) is 0 Å². The normalized spacial score (nSPS) is 10.1. The van der Waals surface area contributed by atoms with Crippen LogP contribution >= 0.6 is 11.3 Å². The molecule has 0 spiro atoms. The van der Waals surface area contributed by atoms with Crippen LogP contribution in [0.15, 0.2) is 17.8 Å². The number of aromatic amines is 1. The molecule has 5 nitrogen and oxygen atoms in total. The summed E-state index contributed by atoms with van der Waals surface area (Å²) in [6.45, 7) is 1.80. The zero-order valence-corrected chi connectivity index (χ0v) is 8.26. The van der Waals surface area contributed by atoms with E-state index >= 15 is 0 Å². The second-order valence-corrected chi connectivity index (χ2v) is 3.55. The molecule has 0 bridgehead atoms. The van der Waals surface area contributed by atoms with Gasteiger partial charge in [-0.15, -0.1) is 11.3 Å². The lowest BCUT2D eigenvalue weighted by Crippen LogP contribution is -2.11. The van der Waals surface area contributed by atoms with Gasteiger partial charge in [0.15, 0.2) is 0 Å². The van der Waals surface area contributed by atoms with Crippen molar-refractivity contribution in [3.05, 3.63) is 28.3 Å². The zero-order valence-electron chi connectivity index (χ0n) is 7.44. The summed E-state index contributed by atoms with van der Waals surface area (Å²) < 4.78 is 0. The minimum absolute atomic E-state index is 0.158. The van der Waals surface area contributed by atoms with E-state index in [-0.39, 0.29) is 5.91 Å². The van der Waals surface area contributed by atoms with Crippen molar-refractivity contribution in [1.82, 2.24) is 15.2 Å². The Hall–Kier alpha value is -1.69. The fourth-order valence-corrected chi connectivity index (χ4v) is 1.72. The number of aryl methyl sites for hydroxylation is 1. The number of thiazole rings is 1. The van der Waals surface area contributed by atoms with Crippen molar-refractivity contribution in [2.24, 2.45) is 0 Å². The molecule has 1 amide bonds. The van der Waals surface area contributed by atoms with Crippen LogP contribution in [-0.2, 0) is 0 Å². The highest BCUT2D eigenvalue weighted by molar-refractivity contribution is 7.12. The molecule has 0 unspecified atom stereocenters. The predicted molar refractivity (Wildman–Crippen MR) is 53.4 cm³/mol. The third kappa shape index (κ3) is 1.64. The van der Waals surface area contributed by atoms with Gasteiger partial charge in [-0.25, -0.2) is 4.98 Å². The topological polar surface area (TPSA) is 70.7 Å². The van der Waals surface area contributed by atoms with E-state index in [1.807, 2.05) is 0 Å². The molecule has 0 atom stereocenters. The maximum atomic E-state index is 11.6. The van der Waals surface area contributed by atoms with Crippen LogP contribution in [0.25, 0.3) is 0 Å². The Morgan fingerprint density at radius 2 is 2.50 bits per heavy atom. The van der Waals surface area contributed by atoms with E-state index in [0.29, 0.717) is 10.7 Å². The molecule has 0 aliphatic carbocycles. The smallest absolute Gasteiger partial charge is 0.268 e. The number of anilines is 1. The Labute approximate surface area is 84.2 Å². The van der Waals surface area contributed by atoms with Crippen LogP contribution in [0.3, 0.4) is 0 Å². The number of hydrogen-bond donors (Lipinski definition) is 2. The SMILES string of the molecule is Cc1ncsc1C(=O)Nc1ccn[nH]1. The predicted octanol–water partition coefficient (Wildman–Crippen LogP) is 1.43. The molecule has 72 valence electrons. The quantitative estimate of drug-likeness (QED) is 0.784. The number of aromatic nitrogens is 3. The number of nitrogens with zero attached hydrogens (tertiary/aromatic N) is 2. The van der Waals surface area contributed by atoms with Crippen LogP contribution in [-0.4, -0.2) is 21.1 Å². The molecule has 2 heterocycles. The highest BCUT2D eigenvalue weighted by atomic mass is 32.1. The van der Waals surface area contributed by atoms with Gasteiger partial charge >= 0.3 is 0 Å². The molecule has 2 aromatic heterocycles. The molecular weight excluding hydrogens is 200 g/mol. The van der Waals surface area contributed by atoms with E-state index < -0.39 is 0 Å². The molecule has 0 radical (unpaired) electrons. The van der Waals surface area contributed by atoms with Crippen molar-refractivity contribution in [2.75, 3.05) is 5.32 Å². The Bertz CT molecular complexity index is 434. The summed E-state index contributed by atoms with van der Waals surface area (Å²) in [6.07, 6.45) is 1.58. The third-order valence-electron chi connectivity index (χ3n) is 1.70. The van der Waals surface area contributed by atoms with Crippen LogP contribution < -0.4 is 5.32 Å². The van der Waals surface area contributed by atoms with Crippen LogP contribution in [0.4, 0.5) is 5.82 Å². The van der Waals surface area contributed by atoms with Gasteiger partial charge in [0.2, 0.25) is 0 Å². The van der Waals surface area contributed by atoms with Gasteiger partial charge < -0.3 is 5.32 Å². The lowest BCUT2D eigenvalue weighted by molar-refractivity contribution is 0.102. The Kier molecular flexibility index (Phi) is 2.28. The lowest BCUT2D eigenvalue weighted by Gasteiger charge is -1.99. The standard InChI is InChI=1S/C8H8N4OS/c1-5-7(14-4-9-5)8(13)11-6-2-3-10-12-6/h2-4H,1H3,(H2,10,11,12,13). The summed E-state index contributed by atoms with van der Waals surface area (Å²) in [6, 6.07) is 1.69. The van der Waals surface area contributed by atoms with Crippen LogP contribution in [0, 0.1) is 6.92 Å². The van der Waals surface area contributed by atoms with Crippen molar-refractivity contribution in [3.63, 3.8) is 0 Å². The monoisotopic (exact) mass is 208 g/mol. The summed E-state index contributed by atoms with van der Waals surface area (Å²) in [4.78, 5) is 16.2. The van der Waals surface area contributed by atoms with Crippen LogP contribution in [0.5, 0.6) is 0 Å². The summed E-state index contributed by atoms with van der Waals surface area (Å²) in [7, 11) is 0. The van der Waals surface area contributed by atoms with Gasteiger partial charge in [-0.05, 0) is 6.92 Å². The molecule has 0 aliphatic heterocycles. The molecular formula is C8H8N4OS. The first-order chi connectivity index (χ1) is 6.77. The number of nitrogens with one attached hydrogen (secondary N) is 2. The minimum atomic E-state index is -0.158. The van der Waals surface area contributed by atoms with E-state index in [1.165, 1.54) is 11.3 Å². The fourth-order valence-electron chi connectivity index (χ4n) is 1.02. The molecule has 0 saturated carbocycles. The lowest BCUT2D eigenvalue weighted by atomic mass is 10.4. The Morgan fingerprint density at radius 3 is 3.07 bits per heavy atom. The number of carbonyl (C=O) groups is 1. The molecule has 6 heteroatoms. The highest BCUT2D eigenvalue weighted by Crippen LogP contribution is 2.13. The van der Waals surface area contributed by atoms with Crippen molar-refractivity contribution >= 4 is 23.1 Å². The average molecular weight is 208 g/mol. The molecule has 0 aromatic carbocycles. The van der Waals surface area contributed by atoms with E-state index in [9.17, 15) is 4.79 Å². The highest BCUT2D eigenvalue weighted by Gasteiger charge is 2.11. The summed E-state index contributed by atoms with van der Waals surface area (Å²) >= 11 is 1.32. The Morgan fingerprint density at radius 1 is 1.64 bits per heavy atom. The number of hydrogen-bond acceptors (Lipinski definition) is 4. The van der Waals surface area contributed by atoms with Crippen molar-refractivity contribution < 1.29 is 4.79 Å². The summed E-state index contributed by atoms with van der Waals surface area (Å²) in [5, 5.41) is 9.06. The average Bonchev–Trinajstić information content (AvgIpc) is 2.75. The molecule has 0 fully saturated rings. The van der Waals surface area contributed by atoms with Crippen molar-refractivity contribution in [2.45, 2.75) is 6.92 Å². The van der Waals surface area contributed by atoms with Gasteiger partial charge in [-0.2, -0.15) is 5.10 Å². The first-order valence-electron chi connectivity index (χ1n) is 3.98. The fraction of sp³-hybridized carbons (Fsp3) is 0.125. The van der Waals surface area contributed by atoms with E-state index in [2.05, 4.69) is 20.5 Å².